The van der Waals surface area contributed by atoms with E-state index in [9.17, 15) is 18.3 Å². The van der Waals surface area contributed by atoms with Crippen LogP contribution in [0.2, 0.25) is 5.02 Å². The first-order valence-corrected chi connectivity index (χ1v) is 18.0. The van der Waals surface area contributed by atoms with Crippen LogP contribution >= 0.6 is 11.6 Å². The molecule has 4 N–H and O–H groups in total. The van der Waals surface area contributed by atoms with E-state index >= 15 is 0 Å². The van der Waals surface area contributed by atoms with Crippen LogP contribution in [0.5, 0.6) is 5.75 Å². The number of carbonyl (C=O) groups excluding carboxylic acids is 1. The molecule has 1 spiro atoms. The second-order valence-corrected chi connectivity index (χ2v) is 14.6. The summed E-state index contributed by atoms with van der Waals surface area (Å²) in [5.41, 5.74) is 3.09. The topological polar surface area (TPSA) is 131 Å². The van der Waals surface area contributed by atoms with Gasteiger partial charge in [0.2, 0.25) is 0 Å². The number of unbranched alkanes of at least 4 members (excludes halogenated alkanes) is 4. The van der Waals surface area contributed by atoms with E-state index in [1.54, 1.807) is 25.3 Å². The molecule has 1 aliphatic heterocycles. The molecule has 1 amide bonds. The zero-order chi connectivity index (χ0) is 32.0. The first-order chi connectivity index (χ1) is 21.6. The first-order valence-electron chi connectivity index (χ1n) is 16.1. The predicted molar refractivity (Wildman–Crippen MR) is 177 cm³/mol. The Morgan fingerprint density at radius 2 is 2.04 bits per heavy atom. The van der Waals surface area contributed by atoms with Gasteiger partial charge in [-0.05, 0) is 105 Å². The summed E-state index contributed by atoms with van der Waals surface area (Å²) in [5, 5.41) is 16.9. The summed E-state index contributed by atoms with van der Waals surface area (Å²) in [6.45, 7) is 2.61. The summed E-state index contributed by atoms with van der Waals surface area (Å²) < 4.78 is 36.7. The number of fused-ring (bicyclic) bond motifs is 3. The number of anilines is 1. The SMILES string of the molecule is COCCCCCC/C=C/[C@H](O)[C@@H]1CC[C@H]1CN1C[C@@]2(CCCc3cc(Cl)ccc32)COc2ccc(C(=O)NS(N)(=O)=O)cc21. The van der Waals surface area contributed by atoms with Crippen LogP contribution in [0.25, 0.3) is 0 Å². The first kappa shape index (κ1) is 33.7. The highest BCUT2D eigenvalue weighted by Crippen LogP contribution is 2.46. The number of methoxy groups -OCH3 is 1. The third-order valence-corrected chi connectivity index (χ3v) is 10.4. The van der Waals surface area contributed by atoms with Crippen molar-refractivity contribution in [2.24, 2.45) is 17.0 Å². The predicted octanol–water partition coefficient (Wildman–Crippen LogP) is 5.29. The number of hydrogen-bond donors (Lipinski definition) is 3. The maximum atomic E-state index is 12.8. The molecule has 2 aromatic rings. The lowest BCUT2D eigenvalue weighted by Crippen LogP contribution is -2.49. The summed E-state index contributed by atoms with van der Waals surface area (Å²) >= 11 is 6.39. The summed E-state index contributed by atoms with van der Waals surface area (Å²) in [7, 11) is -2.48. The van der Waals surface area contributed by atoms with Crippen molar-refractivity contribution in [1.82, 2.24) is 4.72 Å². The number of ether oxygens (including phenoxy) is 2. The van der Waals surface area contributed by atoms with Crippen molar-refractivity contribution in [3.8, 4) is 5.75 Å². The fourth-order valence-electron chi connectivity index (χ4n) is 7.24. The van der Waals surface area contributed by atoms with Crippen molar-refractivity contribution >= 4 is 33.4 Å². The van der Waals surface area contributed by atoms with Crippen molar-refractivity contribution in [2.75, 3.05) is 38.3 Å². The Labute approximate surface area is 272 Å². The number of amides is 1. The number of aryl methyl sites for hydroxylation is 1. The van der Waals surface area contributed by atoms with Gasteiger partial charge < -0.3 is 19.5 Å². The van der Waals surface area contributed by atoms with Gasteiger partial charge in [0.25, 0.3) is 16.1 Å². The standard InChI is InChI=1S/C34H46ClN3O6S/c1-43-18-7-5-3-2-4-6-10-31(39)28-14-11-26(28)21-38-22-34(17-8-9-24-19-27(35)13-15-29(24)34)23-44-32-16-12-25(20-30(32)38)33(40)37-45(36,41)42/h6,10,12-13,15-16,19-20,26,28,31,39H,2-5,7-9,11,14,17-18,21-23H2,1H3,(H,37,40)(H2,36,41,42)/b10-6+/t26-,28+,31-,34-/m0/s1. The lowest BCUT2D eigenvalue weighted by atomic mass is 9.68. The van der Waals surface area contributed by atoms with Crippen LogP contribution in [0.4, 0.5) is 5.69 Å². The third kappa shape index (κ3) is 8.40. The molecular formula is C34H46ClN3O6S. The number of allylic oxidation sites excluding steroid dienone is 1. The second-order valence-electron chi connectivity index (χ2n) is 12.9. The van der Waals surface area contributed by atoms with Crippen molar-refractivity contribution in [1.29, 1.82) is 0 Å². The van der Waals surface area contributed by atoms with Crippen molar-refractivity contribution in [3.05, 3.63) is 70.3 Å². The van der Waals surface area contributed by atoms with E-state index in [0.717, 1.165) is 81.5 Å². The van der Waals surface area contributed by atoms with Crippen LogP contribution in [0, 0.1) is 11.8 Å². The Kier molecular flexibility index (Phi) is 11.1. The van der Waals surface area contributed by atoms with Crippen LogP contribution in [0.3, 0.4) is 0 Å². The molecule has 1 fully saturated rings. The van der Waals surface area contributed by atoms with E-state index in [-0.39, 0.29) is 22.8 Å². The zero-order valence-electron chi connectivity index (χ0n) is 26.0. The molecule has 0 aromatic heterocycles. The highest BCUT2D eigenvalue weighted by Gasteiger charge is 2.44. The van der Waals surface area contributed by atoms with Crippen molar-refractivity contribution in [3.63, 3.8) is 0 Å². The molecule has 0 radical (unpaired) electrons. The number of carbonyl (C=O) groups is 1. The summed E-state index contributed by atoms with van der Waals surface area (Å²) in [4.78, 5) is 15.1. The molecule has 9 nitrogen and oxygen atoms in total. The summed E-state index contributed by atoms with van der Waals surface area (Å²) in [5.74, 6) is 0.231. The quantitative estimate of drug-likeness (QED) is 0.197. The van der Waals surface area contributed by atoms with Gasteiger partial charge >= 0.3 is 0 Å². The van der Waals surface area contributed by atoms with Crippen LogP contribution < -0.4 is 19.5 Å². The molecule has 45 heavy (non-hydrogen) atoms. The normalized spacial score (nSPS) is 23.5. The van der Waals surface area contributed by atoms with Gasteiger partial charge in [-0.25, -0.2) is 9.86 Å². The lowest BCUT2D eigenvalue weighted by Gasteiger charge is -2.45. The number of aliphatic hydroxyl groups is 1. The van der Waals surface area contributed by atoms with Gasteiger partial charge in [0.05, 0.1) is 18.4 Å². The molecule has 5 rings (SSSR count). The van der Waals surface area contributed by atoms with Crippen LogP contribution in [0.1, 0.15) is 79.3 Å². The van der Waals surface area contributed by atoms with Crippen LogP contribution in [-0.4, -0.2) is 58.9 Å². The van der Waals surface area contributed by atoms with E-state index in [4.69, 9.17) is 26.2 Å². The van der Waals surface area contributed by atoms with E-state index < -0.39 is 22.2 Å². The molecule has 0 bridgehead atoms. The van der Waals surface area contributed by atoms with E-state index in [2.05, 4.69) is 23.1 Å². The summed E-state index contributed by atoms with van der Waals surface area (Å²) in [6.07, 6.45) is 13.8. The Hall–Kier alpha value is -2.63. The highest BCUT2D eigenvalue weighted by atomic mass is 35.5. The number of nitrogens with two attached hydrogens (primary N) is 1. The number of nitrogens with zero attached hydrogens (tertiary/aromatic N) is 1. The van der Waals surface area contributed by atoms with Crippen LogP contribution in [0.15, 0.2) is 48.6 Å². The zero-order valence-corrected chi connectivity index (χ0v) is 27.6. The Morgan fingerprint density at radius 3 is 2.80 bits per heavy atom. The van der Waals surface area contributed by atoms with Crippen molar-refractivity contribution in [2.45, 2.75) is 75.7 Å². The average molecular weight is 660 g/mol. The van der Waals surface area contributed by atoms with Gasteiger partial charge in [-0.3, -0.25) is 4.79 Å². The Bertz CT molecular complexity index is 1480. The largest absolute Gasteiger partial charge is 0.490 e. The molecule has 4 atom stereocenters. The minimum absolute atomic E-state index is 0.137. The molecule has 3 aliphatic rings. The molecule has 0 unspecified atom stereocenters. The molecule has 1 saturated carbocycles. The molecular weight excluding hydrogens is 614 g/mol. The Morgan fingerprint density at radius 1 is 1.22 bits per heavy atom. The highest BCUT2D eigenvalue weighted by molar-refractivity contribution is 7.87. The maximum absolute atomic E-state index is 12.8. The average Bonchev–Trinajstić information content (AvgIpc) is 3.12. The Balaban J connectivity index is 1.36. The van der Waals surface area contributed by atoms with Gasteiger partial charge in [-0.15, -0.1) is 0 Å². The molecule has 0 saturated heterocycles. The number of benzene rings is 2. The molecule has 2 aliphatic carbocycles. The van der Waals surface area contributed by atoms with E-state index in [0.29, 0.717) is 25.4 Å². The van der Waals surface area contributed by atoms with Gasteiger partial charge in [0.15, 0.2) is 0 Å². The molecule has 246 valence electrons. The van der Waals surface area contributed by atoms with Gasteiger partial charge in [-0.1, -0.05) is 42.7 Å². The number of rotatable bonds is 13. The molecule has 2 aromatic carbocycles. The number of nitrogens with one attached hydrogen (secondary N) is 1. The third-order valence-electron chi connectivity index (χ3n) is 9.71. The fraction of sp³-hybridized carbons (Fsp3) is 0.559. The van der Waals surface area contributed by atoms with Gasteiger partial charge in [0.1, 0.15) is 5.75 Å². The second kappa shape index (κ2) is 14.9. The molecule has 11 heteroatoms. The molecule has 1 heterocycles. The minimum Gasteiger partial charge on any atom is -0.490 e. The van der Waals surface area contributed by atoms with Gasteiger partial charge in [-0.2, -0.15) is 8.42 Å². The van der Waals surface area contributed by atoms with E-state index in [1.165, 1.54) is 11.1 Å². The monoisotopic (exact) mass is 659 g/mol. The lowest BCUT2D eigenvalue weighted by molar-refractivity contribution is 0.0456. The maximum Gasteiger partial charge on any atom is 0.298 e. The van der Waals surface area contributed by atoms with Crippen molar-refractivity contribution < 1.29 is 27.8 Å². The number of hydrogen-bond acceptors (Lipinski definition) is 7. The number of halogens is 1. The summed E-state index contributed by atoms with van der Waals surface area (Å²) in [6, 6.07) is 11.1. The smallest absolute Gasteiger partial charge is 0.298 e. The fourth-order valence-corrected chi connectivity index (χ4v) is 7.81. The number of aliphatic hydroxyl groups excluding tert-OH is 1. The van der Waals surface area contributed by atoms with Gasteiger partial charge in [0, 0.05) is 42.8 Å². The van der Waals surface area contributed by atoms with Crippen LogP contribution in [-0.2, 0) is 26.8 Å². The van der Waals surface area contributed by atoms with E-state index in [1.807, 2.05) is 16.9 Å². The minimum atomic E-state index is -4.21.